The van der Waals surface area contributed by atoms with Gasteiger partial charge in [0.2, 0.25) is 0 Å². The molecule has 4 aromatic carbocycles. The summed E-state index contributed by atoms with van der Waals surface area (Å²) in [5, 5.41) is 19.9. The van der Waals surface area contributed by atoms with Crippen LogP contribution in [0, 0.1) is 27.7 Å². The van der Waals surface area contributed by atoms with Crippen LogP contribution in [0.3, 0.4) is 0 Å². The van der Waals surface area contributed by atoms with Gasteiger partial charge in [0.15, 0.2) is 0 Å². The number of alkyl halides is 24. The number of halogens is 24. The first-order valence-electron chi connectivity index (χ1n) is 18.8. The van der Waals surface area contributed by atoms with Crippen LogP contribution in [0.15, 0.2) is 72.8 Å². The Labute approximate surface area is 386 Å². The first-order chi connectivity index (χ1) is 31.2. The fourth-order valence-electron chi connectivity index (χ4n) is 7.63. The summed E-state index contributed by atoms with van der Waals surface area (Å²) in [6.45, 7) is 4.37. The molecule has 0 aliphatic carbocycles. The molecule has 4 aromatic rings. The van der Waals surface area contributed by atoms with Crippen LogP contribution >= 0.6 is 0 Å². The Bertz CT molecular complexity index is 2380. The molecule has 0 aromatic heterocycles. The zero-order valence-electron chi connectivity index (χ0n) is 34.7. The second-order valence-electron chi connectivity index (χ2n) is 15.8. The van der Waals surface area contributed by atoms with E-state index in [-0.39, 0.29) is 34.4 Å². The van der Waals surface area contributed by atoms with E-state index >= 15 is 0 Å². The second kappa shape index (κ2) is 17.4. The van der Waals surface area contributed by atoms with Gasteiger partial charge < -0.3 is 0 Å². The van der Waals surface area contributed by atoms with Crippen molar-refractivity contribution in [3.63, 3.8) is 0 Å². The second-order valence-corrected chi connectivity index (χ2v) is 24.0. The molecular weight excluding hydrogens is 1150 g/mol. The SMILES string of the molecule is Cc1cc[c]([Ge]2[O]C(C(F)(F)F)(C(F)(F)F)c3cc(C)cc[c]32)c(C(O)(C(F)(F)F)C(F)(F)F)c1.Cc1cc[c]([Ge]2[O]C(C(F)(F)F)(C(F)(F)F)c3cc(C)cc[c]32)c(C(O)(C(F)(F)F)C(F)(F)F)c1. The maximum absolute atomic E-state index is 14.0. The fourth-order valence-corrected chi connectivity index (χ4v) is 18.6. The molecule has 386 valence electrons. The molecule has 0 fully saturated rings. The van der Waals surface area contributed by atoms with Gasteiger partial charge >= 0.3 is 387 Å². The van der Waals surface area contributed by atoms with Gasteiger partial charge in [-0.1, -0.05) is 0 Å². The quantitative estimate of drug-likeness (QED) is 0.158. The Morgan fingerprint density at radius 3 is 0.771 bits per heavy atom. The standard InChI is InChI=1S/2C20H13F12GeO2/c2*1-9-3-5-13(11(7-9)15(34,17(21,22)23)18(24,25)26)33-14-6-4-10(2)8-12(14)16(35-33,19(27,28)29)20(30,31)32/h2*3-8,34H,1-2H3. The first-order valence-corrected chi connectivity index (χ1v) is 24.7. The van der Waals surface area contributed by atoms with Crippen molar-refractivity contribution in [3.05, 3.63) is 117 Å². The topological polar surface area (TPSA) is 58.9 Å². The van der Waals surface area contributed by atoms with Gasteiger partial charge in [0, 0.05) is 0 Å². The molecular formula is C40H26F24Ge2O4. The van der Waals surface area contributed by atoms with Gasteiger partial charge in [-0.25, -0.2) is 0 Å². The molecule has 0 amide bonds. The Hall–Kier alpha value is -3.87. The number of hydrogen-bond donors (Lipinski definition) is 2. The molecule has 0 spiro atoms. The van der Waals surface area contributed by atoms with Crippen molar-refractivity contribution in [2.24, 2.45) is 0 Å². The third-order valence-corrected chi connectivity index (χ3v) is 20.9. The van der Waals surface area contributed by atoms with Gasteiger partial charge in [-0.3, -0.25) is 0 Å². The third-order valence-electron chi connectivity index (χ3n) is 11.0. The molecule has 2 heterocycles. The zero-order valence-corrected chi connectivity index (χ0v) is 38.9. The third kappa shape index (κ3) is 8.83. The summed E-state index contributed by atoms with van der Waals surface area (Å²) in [5.74, 6) is 0. The van der Waals surface area contributed by atoms with E-state index in [9.17, 15) is 116 Å². The summed E-state index contributed by atoms with van der Waals surface area (Å²) in [6, 6.07) is 7.99. The monoisotopic (exact) mass is 1170 g/mol. The van der Waals surface area contributed by atoms with E-state index in [1.165, 1.54) is 0 Å². The van der Waals surface area contributed by atoms with E-state index in [1.54, 1.807) is 0 Å². The molecule has 30 heteroatoms. The van der Waals surface area contributed by atoms with E-state index in [0.717, 1.165) is 64.1 Å². The molecule has 0 saturated heterocycles. The number of hydrogen-bond acceptors (Lipinski definition) is 4. The molecule has 0 unspecified atom stereocenters. The summed E-state index contributed by atoms with van der Waals surface area (Å²) in [5.41, 5.74) is -28.6. The summed E-state index contributed by atoms with van der Waals surface area (Å²) in [4.78, 5) is 0. The van der Waals surface area contributed by atoms with Gasteiger partial charge in [0.05, 0.1) is 0 Å². The van der Waals surface area contributed by atoms with E-state index in [0.29, 0.717) is 24.3 Å². The molecule has 6 rings (SSSR count). The number of rotatable bonds is 4. The van der Waals surface area contributed by atoms with Crippen molar-refractivity contribution >= 4 is 47.0 Å². The van der Waals surface area contributed by atoms with E-state index < -0.39 is 141 Å². The Morgan fingerprint density at radius 1 is 0.343 bits per heavy atom. The van der Waals surface area contributed by atoms with Gasteiger partial charge in [0.25, 0.3) is 0 Å². The van der Waals surface area contributed by atoms with Crippen LogP contribution in [0.2, 0.25) is 0 Å². The van der Waals surface area contributed by atoms with Crippen LogP contribution < -0.4 is 17.6 Å². The van der Waals surface area contributed by atoms with Crippen LogP contribution in [0.5, 0.6) is 0 Å². The van der Waals surface area contributed by atoms with Gasteiger partial charge in [0.1, 0.15) is 0 Å². The van der Waals surface area contributed by atoms with Crippen molar-refractivity contribution in [1.29, 1.82) is 0 Å². The molecule has 70 heavy (non-hydrogen) atoms. The van der Waals surface area contributed by atoms with Crippen molar-refractivity contribution in [1.82, 2.24) is 0 Å². The molecule has 2 radical (unpaired) electrons. The maximum atomic E-state index is 14.0. The predicted octanol–water partition coefficient (Wildman–Crippen LogP) is 10.1. The molecule has 2 aliphatic heterocycles. The van der Waals surface area contributed by atoms with Crippen LogP contribution in [0.1, 0.15) is 44.5 Å². The molecule has 0 atom stereocenters. The summed E-state index contributed by atoms with van der Waals surface area (Å²) >= 11 is -9.93. The molecule has 4 nitrogen and oxygen atoms in total. The Kier molecular flexibility index (Phi) is 14.2. The number of benzene rings is 4. The van der Waals surface area contributed by atoms with E-state index in [2.05, 4.69) is 7.53 Å². The van der Waals surface area contributed by atoms with Crippen LogP contribution in [-0.2, 0) is 29.9 Å². The fraction of sp³-hybridized carbons (Fsp3) is 0.400. The minimum atomic E-state index is -6.42. The van der Waals surface area contributed by atoms with Crippen molar-refractivity contribution in [2.45, 2.75) is 99.5 Å². The van der Waals surface area contributed by atoms with Gasteiger partial charge in [-0.15, -0.1) is 0 Å². The van der Waals surface area contributed by atoms with Gasteiger partial charge in [-0.2, -0.15) is 0 Å². The normalized spacial score (nSPS) is 17.6. The summed E-state index contributed by atoms with van der Waals surface area (Å²) in [7, 11) is 0. The first kappa shape index (κ1) is 57.0. The number of aliphatic hydroxyl groups is 2. The summed E-state index contributed by atoms with van der Waals surface area (Å²) < 4.78 is 336. The minimum absolute atomic E-state index is 0.0871. The molecule has 2 aliphatic rings. The number of fused-ring (bicyclic) bond motifs is 2. The van der Waals surface area contributed by atoms with Crippen molar-refractivity contribution in [3.8, 4) is 0 Å². The average Bonchev–Trinajstić information content (AvgIpc) is 3.70. The van der Waals surface area contributed by atoms with Crippen LogP contribution in [-0.4, -0.2) is 89.0 Å². The van der Waals surface area contributed by atoms with Crippen molar-refractivity contribution < 1.29 is 123 Å². The molecule has 2 N–H and O–H groups in total. The van der Waals surface area contributed by atoms with E-state index in [4.69, 9.17) is 0 Å². The zero-order chi connectivity index (χ0) is 54.0. The van der Waals surface area contributed by atoms with E-state index in [1.807, 2.05) is 0 Å². The predicted molar refractivity (Wildman–Crippen MR) is 197 cm³/mol. The van der Waals surface area contributed by atoms with Crippen LogP contribution in [0.25, 0.3) is 0 Å². The average molecular weight is 1170 g/mol. The molecule has 0 bridgehead atoms. The summed E-state index contributed by atoms with van der Waals surface area (Å²) in [6.07, 6.45) is -50.4. The number of aryl methyl sites for hydroxylation is 4. The Morgan fingerprint density at radius 2 is 0.557 bits per heavy atom. The van der Waals surface area contributed by atoms with Crippen LogP contribution in [0.4, 0.5) is 105 Å². The Balaban J connectivity index is 0.000000261. The molecule has 0 saturated carbocycles. The van der Waals surface area contributed by atoms with Gasteiger partial charge in [-0.05, 0) is 0 Å². The van der Waals surface area contributed by atoms with Crippen molar-refractivity contribution in [2.75, 3.05) is 0 Å².